The summed E-state index contributed by atoms with van der Waals surface area (Å²) in [6, 6.07) is 6.38. The molecule has 2 amide bonds. The maximum absolute atomic E-state index is 12.1. The third-order valence-electron chi connectivity index (χ3n) is 3.64. The van der Waals surface area contributed by atoms with Crippen LogP contribution in [0.2, 0.25) is 0 Å². The number of methoxy groups -OCH3 is 1. The first-order valence-corrected chi connectivity index (χ1v) is 7.22. The molecule has 118 valence electrons. The summed E-state index contributed by atoms with van der Waals surface area (Å²) in [6.45, 7) is 1.96. The Hall–Kier alpha value is -2.37. The van der Waals surface area contributed by atoms with Crippen molar-refractivity contribution >= 4 is 17.8 Å². The van der Waals surface area contributed by atoms with Gasteiger partial charge in [0.2, 0.25) is 11.8 Å². The van der Waals surface area contributed by atoms with Crippen molar-refractivity contribution in [3.63, 3.8) is 0 Å². The van der Waals surface area contributed by atoms with Gasteiger partial charge in [0.05, 0.1) is 7.11 Å². The summed E-state index contributed by atoms with van der Waals surface area (Å²) in [5.74, 6) is -0.999. The largest absolute Gasteiger partial charge is 0.467 e. The van der Waals surface area contributed by atoms with Gasteiger partial charge in [-0.1, -0.05) is 29.8 Å². The van der Waals surface area contributed by atoms with Gasteiger partial charge >= 0.3 is 5.97 Å². The standard InChI is InChI=1S/C16H20N2O4/c1-10-4-3-5-11(8-10)9-13(16(21)22-2)18-15(20)12-6-7-14(19)17-12/h3-5,8,12-13H,6-7,9H2,1-2H3,(H,17,19)(H,18,20)/t12-,13-/m1/s1. The quantitative estimate of drug-likeness (QED) is 0.775. The molecule has 1 aromatic carbocycles. The van der Waals surface area contributed by atoms with Gasteiger partial charge in [-0.15, -0.1) is 0 Å². The molecule has 2 rings (SSSR count). The van der Waals surface area contributed by atoms with Crippen LogP contribution in [-0.4, -0.2) is 37.0 Å². The van der Waals surface area contributed by atoms with Crippen LogP contribution >= 0.6 is 0 Å². The zero-order chi connectivity index (χ0) is 16.1. The van der Waals surface area contributed by atoms with Gasteiger partial charge in [-0.05, 0) is 18.9 Å². The zero-order valence-corrected chi connectivity index (χ0v) is 12.7. The number of rotatable bonds is 5. The second-order valence-electron chi connectivity index (χ2n) is 5.44. The van der Waals surface area contributed by atoms with Gasteiger partial charge in [0.15, 0.2) is 0 Å². The van der Waals surface area contributed by atoms with Crippen LogP contribution in [0, 0.1) is 6.92 Å². The molecule has 0 radical (unpaired) electrons. The van der Waals surface area contributed by atoms with Crippen LogP contribution in [-0.2, 0) is 25.5 Å². The Labute approximate surface area is 129 Å². The van der Waals surface area contributed by atoms with E-state index < -0.39 is 18.1 Å². The Bertz CT molecular complexity index is 585. The third kappa shape index (κ3) is 4.07. The highest BCUT2D eigenvalue weighted by Gasteiger charge is 2.30. The summed E-state index contributed by atoms with van der Waals surface area (Å²) in [7, 11) is 1.29. The molecule has 1 saturated heterocycles. The molecule has 2 atom stereocenters. The molecule has 2 N–H and O–H groups in total. The highest BCUT2D eigenvalue weighted by molar-refractivity contribution is 5.93. The SMILES string of the molecule is COC(=O)[C@@H](Cc1cccc(C)c1)NC(=O)[C@H]1CCC(=O)N1. The average Bonchev–Trinajstić information content (AvgIpc) is 2.92. The number of nitrogens with one attached hydrogen (secondary N) is 2. The van der Waals surface area contributed by atoms with Crippen LogP contribution in [0.1, 0.15) is 24.0 Å². The van der Waals surface area contributed by atoms with Crippen LogP contribution < -0.4 is 10.6 Å². The first-order chi connectivity index (χ1) is 10.5. The maximum atomic E-state index is 12.1. The molecule has 6 heteroatoms. The summed E-state index contributed by atoms with van der Waals surface area (Å²) in [4.78, 5) is 35.2. The first-order valence-electron chi connectivity index (χ1n) is 7.22. The van der Waals surface area contributed by atoms with Crippen LogP contribution in [0.4, 0.5) is 0 Å². The van der Waals surface area contributed by atoms with Crippen molar-refractivity contribution in [1.82, 2.24) is 10.6 Å². The molecule has 0 spiro atoms. The van der Waals surface area contributed by atoms with E-state index in [-0.39, 0.29) is 11.8 Å². The van der Waals surface area contributed by atoms with E-state index in [1.165, 1.54) is 7.11 Å². The maximum Gasteiger partial charge on any atom is 0.328 e. The molecular formula is C16H20N2O4. The third-order valence-corrected chi connectivity index (χ3v) is 3.64. The Kier molecular flexibility index (Phi) is 5.14. The Balaban J connectivity index is 2.04. The number of carbonyl (C=O) groups excluding carboxylic acids is 3. The molecule has 6 nitrogen and oxygen atoms in total. The fraction of sp³-hybridized carbons (Fsp3) is 0.438. The number of ether oxygens (including phenoxy) is 1. The highest BCUT2D eigenvalue weighted by atomic mass is 16.5. The van der Waals surface area contributed by atoms with Crippen LogP contribution in [0.15, 0.2) is 24.3 Å². The fourth-order valence-corrected chi connectivity index (χ4v) is 2.49. The van der Waals surface area contributed by atoms with Crippen molar-refractivity contribution < 1.29 is 19.1 Å². The van der Waals surface area contributed by atoms with E-state index >= 15 is 0 Å². The number of benzene rings is 1. The van der Waals surface area contributed by atoms with Crippen molar-refractivity contribution in [2.24, 2.45) is 0 Å². The molecule has 1 heterocycles. The smallest absolute Gasteiger partial charge is 0.328 e. The van der Waals surface area contributed by atoms with E-state index in [1.54, 1.807) is 0 Å². The van der Waals surface area contributed by atoms with Crippen LogP contribution in [0.25, 0.3) is 0 Å². The van der Waals surface area contributed by atoms with Crippen molar-refractivity contribution in [3.05, 3.63) is 35.4 Å². The molecule has 0 aromatic heterocycles. The summed E-state index contributed by atoms with van der Waals surface area (Å²) in [6.07, 6.45) is 1.13. The van der Waals surface area contributed by atoms with Crippen molar-refractivity contribution in [2.75, 3.05) is 7.11 Å². The lowest BCUT2D eigenvalue weighted by Crippen LogP contribution is -2.50. The first kappa shape index (κ1) is 16.0. The van der Waals surface area contributed by atoms with E-state index in [4.69, 9.17) is 4.74 Å². The molecule has 0 aliphatic carbocycles. The molecule has 22 heavy (non-hydrogen) atoms. The highest BCUT2D eigenvalue weighted by Crippen LogP contribution is 2.10. The normalized spacial score (nSPS) is 18.5. The molecule has 1 fully saturated rings. The van der Waals surface area contributed by atoms with E-state index in [0.717, 1.165) is 11.1 Å². The molecule has 0 saturated carbocycles. The molecule has 0 unspecified atom stereocenters. The topological polar surface area (TPSA) is 84.5 Å². The van der Waals surface area contributed by atoms with E-state index in [1.807, 2.05) is 31.2 Å². The summed E-state index contributed by atoms with van der Waals surface area (Å²) in [5, 5.41) is 5.26. The summed E-state index contributed by atoms with van der Waals surface area (Å²) < 4.78 is 4.76. The van der Waals surface area contributed by atoms with Gasteiger partial charge in [0.1, 0.15) is 12.1 Å². The van der Waals surface area contributed by atoms with Crippen molar-refractivity contribution in [1.29, 1.82) is 0 Å². The van der Waals surface area contributed by atoms with E-state index in [2.05, 4.69) is 10.6 Å². The molecule has 1 aliphatic heterocycles. The average molecular weight is 304 g/mol. The minimum atomic E-state index is -0.767. The van der Waals surface area contributed by atoms with Gasteiger partial charge in [0, 0.05) is 12.8 Å². The van der Waals surface area contributed by atoms with Gasteiger partial charge in [-0.2, -0.15) is 0 Å². The number of hydrogen-bond donors (Lipinski definition) is 2. The predicted octanol–water partition coefficient (Wildman–Crippen LogP) is 0.474. The van der Waals surface area contributed by atoms with Gasteiger partial charge in [-0.3, -0.25) is 9.59 Å². The fourth-order valence-electron chi connectivity index (χ4n) is 2.49. The summed E-state index contributed by atoms with van der Waals surface area (Å²) >= 11 is 0. The number of amides is 2. The monoisotopic (exact) mass is 304 g/mol. The lowest BCUT2D eigenvalue weighted by atomic mass is 10.0. The second-order valence-corrected chi connectivity index (χ2v) is 5.44. The Morgan fingerprint density at radius 2 is 2.23 bits per heavy atom. The van der Waals surface area contributed by atoms with E-state index in [9.17, 15) is 14.4 Å². The summed E-state index contributed by atoms with van der Waals surface area (Å²) in [5.41, 5.74) is 2.02. The van der Waals surface area contributed by atoms with Crippen LogP contribution in [0.3, 0.4) is 0 Å². The number of hydrogen-bond acceptors (Lipinski definition) is 4. The van der Waals surface area contributed by atoms with Crippen LogP contribution in [0.5, 0.6) is 0 Å². The number of esters is 1. The minimum Gasteiger partial charge on any atom is -0.467 e. The van der Waals surface area contributed by atoms with Crippen molar-refractivity contribution in [3.8, 4) is 0 Å². The Morgan fingerprint density at radius 1 is 1.45 bits per heavy atom. The van der Waals surface area contributed by atoms with Gasteiger partial charge in [0.25, 0.3) is 0 Å². The van der Waals surface area contributed by atoms with Gasteiger partial charge in [-0.25, -0.2) is 4.79 Å². The molecule has 1 aliphatic rings. The molecule has 1 aromatic rings. The lowest BCUT2D eigenvalue weighted by molar-refractivity contribution is -0.145. The Morgan fingerprint density at radius 3 is 2.82 bits per heavy atom. The molecule has 0 bridgehead atoms. The number of carbonyl (C=O) groups is 3. The van der Waals surface area contributed by atoms with E-state index in [0.29, 0.717) is 19.3 Å². The molecular weight excluding hydrogens is 284 g/mol. The van der Waals surface area contributed by atoms with Crippen molar-refractivity contribution in [2.45, 2.75) is 38.3 Å². The predicted molar refractivity (Wildman–Crippen MR) is 80.0 cm³/mol. The second kappa shape index (κ2) is 7.06. The number of aryl methyl sites for hydroxylation is 1. The zero-order valence-electron chi connectivity index (χ0n) is 12.7. The van der Waals surface area contributed by atoms with Gasteiger partial charge < -0.3 is 15.4 Å². The lowest BCUT2D eigenvalue weighted by Gasteiger charge is -2.19. The minimum absolute atomic E-state index is 0.145.